The molecule has 0 saturated heterocycles. The van der Waals surface area contributed by atoms with E-state index < -0.39 is 0 Å². The van der Waals surface area contributed by atoms with E-state index in [-0.39, 0.29) is 5.91 Å². The van der Waals surface area contributed by atoms with Crippen molar-refractivity contribution in [3.05, 3.63) is 83.7 Å². The van der Waals surface area contributed by atoms with Crippen LogP contribution in [0.25, 0.3) is 0 Å². The van der Waals surface area contributed by atoms with Crippen molar-refractivity contribution in [2.24, 2.45) is 0 Å². The molecule has 0 saturated carbocycles. The van der Waals surface area contributed by atoms with Crippen molar-refractivity contribution in [2.45, 2.75) is 13.5 Å². The predicted molar refractivity (Wildman–Crippen MR) is 103 cm³/mol. The van der Waals surface area contributed by atoms with Gasteiger partial charge in [-0.15, -0.1) is 0 Å². The number of pyridine rings is 1. The first-order chi connectivity index (χ1) is 12.6. The number of anilines is 2. The number of ether oxygens (including phenoxy) is 1. The molecule has 0 aliphatic heterocycles. The normalized spacial score (nSPS) is 10.2. The smallest absolute Gasteiger partial charge is 0.270 e. The zero-order chi connectivity index (χ0) is 18.4. The van der Waals surface area contributed by atoms with Gasteiger partial charge in [-0.2, -0.15) is 0 Å². The molecule has 0 fully saturated rings. The van der Waals surface area contributed by atoms with E-state index in [0.29, 0.717) is 12.2 Å². The second-order valence-corrected chi connectivity index (χ2v) is 5.95. The Hall–Kier alpha value is -3.34. The minimum Gasteiger partial charge on any atom is -0.497 e. The number of aryl methyl sites for hydroxylation is 1. The molecule has 3 aromatic rings. The molecule has 0 radical (unpaired) electrons. The van der Waals surface area contributed by atoms with E-state index in [9.17, 15) is 4.79 Å². The zero-order valence-corrected chi connectivity index (χ0v) is 14.8. The highest BCUT2D eigenvalue weighted by Gasteiger charge is 2.07. The van der Waals surface area contributed by atoms with Crippen LogP contribution in [0.4, 0.5) is 11.4 Å². The Bertz CT molecular complexity index is 857. The third kappa shape index (κ3) is 4.60. The van der Waals surface area contributed by atoms with Gasteiger partial charge in [0.15, 0.2) is 0 Å². The molecule has 0 aliphatic carbocycles. The van der Waals surface area contributed by atoms with Crippen LogP contribution in [0.3, 0.4) is 0 Å². The van der Waals surface area contributed by atoms with Gasteiger partial charge in [0.05, 0.1) is 19.0 Å². The molecule has 2 aromatic carbocycles. The summed E-state index contributed by atoms with van der Waals surface area (Å²) in [4.78, 5) is 16.5. The summed E-state index contributed by atoms with van der Waals surface area (Å²) >= 11 is 0. The van der Waals surface area contributed by atoms with E-state index >= 15 is 0 Å². The van der Waals surface area contributed by atoms with E-state index in [0.717, 1.165) is 22.7 Å². The lowest BCUT2D eigenvalue weighted by atomic mass is 10.1. The fourth-order valence-corrected chi connectivity index (χ4v) is 2.42. The number of hydrogen-bond acceptors (Lipinski definition) is 4. The first-order valence-electron chi connectivity index (χ1n) is 8.35. The van der Waals surface area contributed by atoms with Crippen molar-refractivity contribution < 1.29 is 9.53 Å². The molecule has 5 nitrogen and oxygen atoms in total. The molecular formula is C21H21N3O2. The molecule has 3 rings (SSSR count). The number of amides is 1. The first kappa shape index (κ1) is 17.5. The highest BCUT2D eigenvalue weighted by atomic mass is 16.5. The lowest BCUT2D eigenvalue weighted by molar-refractivity contribution is 0.0946. The Balaban J connectivity index is 1.57. The molecular weight excluding hydrogens is 326 g/mol. The summed E-state index contributed by atoms with van der Waals surface area (Å²) in [5.41, 5.74) is 4.37. The fraction of sp³-hybridized carbons (Fsp3) is 0.143. The van der Waals surface area contributed by atoms with Gasteiger partial charge in [0.25, 0.3) is 5.91 Å². The van der Waals surface area contributed by atoms with Crippen LogP contribution in [-0.4, -0.2) is 18.0 Å². The van der Waals surface area contributed by atoms with E-state index in [1.165, 1.54) is 5.56 Å². The molecule has 1 heterocycles. The maximum atomic E-state index is 12.2. The predicted octanol–water partition coefficient (Wildman–Crippen LogP) is 4.07. The molecule has 0 unspecified atom stereocenters. The Labute approximate surface area is 153 Å². The SMILES string of the molecule is COc1ccc(Nc2ccc(C(=O)NCc3ccc(C)cc3)nc2)cc1. The summed E-state index contributed by atoms with van der Waals surface area (Å²) in [6, 6.07) is 19.2. The van der Waals surface area contributed by atoms with Gasteiger partial charge < -0.3 is 15.4 Å². The molecule has 132 valence electrons. The van der Waals surface area contributed by atoms with Gasteiger partial charge in [0.2, 0.25) is 0 Å². The number of nitrogens with zero attached hydrogens (tertiary/aromatic N) is 1. The molecule has 0 bridgehead atoms. The highest BCUT2D eigenvalue weighted by Crippen LogP contribution is 2.19. The average Bonchev–Trinajstić information content (AvgIpc) is 2.68. The second kappa shape index (κ2) is 8.16. The monoisotopic (exact) mass is 347 g/mol. The van der Waals surface area contributed by atoms with Crippen LogP contribution in [0.5, 0.6) is 5.75 Å². The Kier molecular flexibility index (Phi) is 5.49. The minimum atomic E-state index is -0.193. The molecule has 0 atom stereocenters. The van der Waals surface area contributed by atoms with Crippen molar-refractivity contribution >= 4 is 17.3 Å². The van der Waals surface area contributed by atoms with Crippen LogP contribution in [0.1, 0.15) is 21.6 Å². The van der Waals surface area contributed by atoms with Crippen molar-refractivity contribution in [1.29, 1.82) is 0 Å². The molecule has 1 aromatic heterocycles. The third-order valence-electron chi connectivity index (χ3n) is 3.95. The van der Waals surface area contributed by atoms with Crippen LogP contribution >= 0.6 is 0 Å². The van der Waals surface area contributed by atoms with E-state index in [4.69, 9.17) is 4.74 Å². The van der Waals surface area contributed by atoms with Gasteiger partial charge in [-0.3, -0.25) is 4.79 Å². The van der Waals surface area contributed by atoms with E-state index in [2.05, 4.69) is 15.6 Å². The summed E-state index contributed by atoms with van der Waals surface area (Å²) < 4.78 is 5.14. The Morgan fingerprint density at radius 2 is 1.65 bits per heavy atom. The number of nitrogens with one attached hydrogen (secondary N) is 2. The average molecular weight is 347 g/mol. The van der Waals surface area contributed by atoms with Gasteiger partial charge in [0, 0.05) is 12.2 Å². The van der Waals surface area contributed by atoms with Gasteiger partial charge in [0.1, 0.15) is 11.4 Å². The second-order valence-electron chi connectivity index (χ2n) is 5.95. The Morgan fingerprint density at radius 1 is 0.962 bits per heavy atom. The molecule has 0 aliphatic rings. The summed E-state index contributed by atoms with van der Waals surface area (Å²) in [5, 5.41) is 6.12. The largest absolute Gasteiger partial charge is 0.497 e. The van der Waals surface area contributed by atoms with Crippen molar-refractivity contribution in [3.8, 4) is 5.75 Å². The summed E-state index contributed by atoms with van der Waals surface area (Å²) in [5.74, 6) is 0.607. The van der Waals surface area contributed by atoms with Crippen LogP contribution in [0.2, 0.25) is 0 Å². The van der Waals surface area contributed by atoms with Gasteiger partial charge in [-0.25, -0.2) is 4.98 Å². The Morgan fingerprint density at radius 3 is 2.27 bits per heavy atom. The van der Waals surface area contributed by atoms with Crippen LogP contribution in [0, 0.1) is 6.92 Å². The number of methoxy groups -OCH3 is 1. The summed E-state index contributed by atoms with van der Waals surface area (Å²) in [7, 11) is 1.63. The fourth-order valence-electron chi connectivity index (χ4n) is 2.42. The summed E-state index contributed by atoms with van der Waals surface area (Å²) in [6.45, 7) is 2.51. The standard InChI is InChI=1S/C21H21N3O2/c1-15-3-5-16(6-4-15)13-23-21(25)20-12-9-18(14-22-20)24-17-7-10-19(26-2)11-8-17/h3-12,14,24H,13H2,1-2H3,(H,23,25). The minimum absolute atomic E-state index is 0.193. The molecule has 1 amide bonds. The zero-order valence-electron chi connectivity index (χ0n) is 14.8. The molecule has 2 N–H and O–H groups in total. The van der Waals surface area contributed by atoms with Crippen LogP contribution in [0.15, 0.2) is 66.9 Å². The first-order valence-corrected chi connectivity index (χ1v) is 8.35. The number of rotatable bonds is 6. The third-order valence-corrected chi connectivity index (χ3v) is 3.95. The summed E-state index contributed by atoms with van der Waals surface area (Å²) in [6.07, 6.45) is 1.64. The lowest BCUT2D eigenvalue weighted by Crippen LogP contribution is -2.23. The van der Waals surface area contributed by atoms with Crippen molar-refractivity contribution in [1.82, 2.24) is 10.3 Å². The maximum Gasteiger partial charge on any atom is 0.270 e. The molecule has 26 heavy (non-hydrogen) atoms. The topological polar surface area (TPSA) is 63.2 Å². The van der Waals surface area contributed by atoms with Crippen LogP contribution < -0.4 is 15.4 Å². The number of carbonyl (C=O) groups is 1. The van der Waals surface area contributed by atoms with E-state index in [1.54, 1.807) is 19.4 Å². The number of aromatic nitrogens is 1. The van der Waals surface area contributed by atoms with E-state index in [1.807, 2.05) is 61.5 Å². The van der Waals surface area contributed by atoms with Gasteiger partial charge >= 0.3 is 0 Å². The van der Waals surface area contributed by atoms with Crippen molar-refractivity contribution in [2.75, 3.05) is 12.4 Å². The number of hydrogen-bond donors (Lipinski definition) is 2. The van der Waals surface area contributed by atoms with Crippen molar-refractivity contribution in [3.63, 3.8) is 0 Å². The quantitative estimate of drug-likeness (QED) is 0.705. The lowest BCUT2D eigenvalue weighted by Gasteiger charge is -2.08. The highest BCUT2D eigenvalue weighted by molar-refractivity contribution is 5.92. The molecule has 5 heteroatoms. The van der Waals surface area contributed by atoms with Gasteiger partial charge in [-0.05, 0) is 48.9 Å². The molecule has 0 spiro atoms. The van der Waals surface area contributed by atoms with Gasteiger partial charge in [-0.1, -0.05) is 29.8 Å². The van der Waals surface area contributed by atoms with Crippen LogP contribution in [-0.2, 0) is 6.54 Å². The number of benzene rings is 2. The maximum absolute atomic E-state index is 12.2. The number of carbonyl (C=O) groups excluding carboxylic acids is 1.